The first kappa shape index (κ1) is 17.7. The van der Waals surface area contributed by atoms with Gasteiger partial charge in [0, 0.05) is 5.02 Å². The molecule has 0 spiro atoms. The summed E-state index contributed by atoms with van der Waals surface area (Å²) in [6.07, 6.45) is -0.967. The third-order valence-electron chi connectivity index (χ3n) is 3.14. The van der Waals surface area contributed by atoms with Gasteiger partial charge in [0.15, 0.2) is 17.7 Å². The Balaban J connectivity index is 1.83. The Morgan fingerprint density at radius 3 is 2.50 bits per heavy atom. The topological polar surface area (TPSA) is 67.4 Å². The molecule has 0 saturated heterocycles. The molecule has 0 bridgehead atoms. The van der Waals surface area contributed by atoms with E-state index in [9.17, 15) is 14.0 Å². The highest BCUT2D eigenvalue weighted by molar-refractivity contribution is 6.31. The summed E-state index contributed by atoms with van der Waals surface area (Å²) in [4.78, 5) is 23.7. The van der Waals surface area contributed by atoms with E-state index in [4.69, 9.17) is 16.3 Å². The molecule has 0 fully saturated rings. The molecule has 2 rings (SSSR count). The van der Waals surface area contributed by atoms with E-state index in [1.165, 1.54) is 25.1 Å². The zero-order chi connectivity index (χ0) is 17.5. The minimum absolute atomic E-state index is 0.0164. The lowest BCUT2D eigenvalue weighted by atomic mass is 10.1. The van der Waals surface area contributed by atoms with E-state index < -0.39 is 23.7 Å². The second-order valence-corrected chi connectivity index (χ2v) is 5.40. The van der Waals surface area contributed by atoms with Crippen molar-refractivity contribution in [2.75, 3.05) is 0 Å². The summed E-state index contributed by atoms with van der Waals surface area (Å²) in [6, 6.07) is 12.7. The predicted octanol–water partition coefficient (Wildman–Crippen LogP) is 2.64. The highest BCUT2D eigenvalue weighted by atomic mass is 35.5. The van der Waals surface area contributed by atoms with Crippen molar-refractivity contribution in [3.8, 4) is 5.75 Å². The van der Waals surface area contributed by atoms with E-state index in [1.54, 1.807) is 30.3 Å². The molecule has 0 heterocycles. The molecule has 2 amide bonds. The fourth-order valence-electron chi connectivity index (χ4n) is 1.88. The maximum absolute atomic E-state index is 13.5. The second kappa shape index (κ2) is 8.31. The maximum atomic E-state index is 13.5. The van der Waals surface area contributed by atoms with Crippen LogP contribution in [-0.2, 0) is 16.0 Å². The van der Waals surface area contributed by atoms with Gasteiger partial charge in [-0.15, -0.1) is 0 Å². The number of carbonyl (C=O) groups excluding carboxylic acids is 2. The number of benzene rings is 2. The first-order chi connectivity index (χ1) is 11.5. The van der Waals surface area contributed by atoms with Crippen LogP contribution in [0.5, 0.6) is 5.75 Å². The van der Waals surface area contributed by atoms with Crippen LogP contribution in [0.3, 0.4) is 0 Å². The fraction of sp³-hybridized carbons (Fsp3) is 0.176. The van der Waals surface area contributed by atoms with Gasteiger partial charge in [-0.1, -0.05) is 41.9 Å². The second-order valence-electron chi connectivity index (χ2n) is 5.00. The summed E-state index contributed by atoms with van der Waals surface area (Å²) in [5.74, 6) is -1.65. The van der Waals surface area contributed by atoms with E-state index >= 15 is 0 Å². The van der Waals surface area contributed by atoms with Crippen LogP contribution >= 0.6 is 11.6 Å². The van der Waals surface area contributed by atoms with Crippen LogP contribution in [0.1, 0.15) is 12.5 Å². The minimum Gasteiger partial charge on any atom is -0.478 e. The van der Waals surface area contributed by atoms with Crippen molar-refractivity contribution in [3.05, 3.63) is 64.9 Å². The van der Waals surface area contributed by atoms with E-state index in [1.807, 2.05) is 0 Å². The molecule has 126 valence electrons. The Morgan fingerprint density at radius 2 is 1.79 bits per heavy atom. The lowest BCUT2D eigenvalue weighted by molar-refractivity contribution is -0.132. The van der Waals surface area contributed by atoms with Gasteiger partial charge in [-0.25, -0.2) is 4.39 Å². The number of hydrogen-bond acceptors (Lipinski definition) is 3. The summed E-state index contributed by atoms with van der Waals surface area (Å²) >= 11 is 5.96. The van der Waals surface area contributed by atoms with Crippen molar-refractivity contribution in [1.82, 2.24) is 10.9 Å². The van der Waals surface area contributed by atoms with Gasteiger partial charge in [0.25, 0.3) is 5.91 Å². The highest BCUT2D eigenvalue weighted by Crippen LogP contribution is 2.17. The molecule has 0 radical (unpaired) electrons. The SMILES string of the molecule is C[C@@H](Oc1ccccc1F)C(=O)NNC(=O)Cc1ccccc1Cl. The quantitative estimate of drug-likeness (QED) is 0.815. The van der Waals surface area contributed by atoms with Crippen LogP contribution in [0.15, 0.2) is 48.5 Å². The van der Waals surface area contributed by atoms with Crippen molar-refractivity contribution in [2.24, 2.45) is 0 Å². The largest absolute Gasteiger partial charge is 0.478 e. The number of carbonyl (C=O) groups is 2. The van der Waals surface area contributed by atoms with Crippen LogP contribution < -0.4 is 15.6 Å². The van der Waals surface area contributed by atoms with Crippen LogP contribution in [0.25, 0.3) is 0 Å². The Bertz CT molecular complexity index is 739. The Morgan fingerprint density at radius 1 is 1.12 bits per heavy atom. The number of amides is 2. The third-order valence-corrected chi connectivity index (χ3v) is 3.51. The molecule has 2 N–H and O–H groups in total. The Labute approximate surface area is 143 Å². The number of para-hydroxylation sites is 1. The number of hydrogen-bond donors (Lipinski definition) is 2. The fourth-order valence-corrected chi connectivity index (χ4v) is 2.08. The summed E-state index contributed by atoms with van der Waals surface area (Å²) in [6.45, 7) is 1.45. The van der Waals surface area contributed by atoms with Gasteiger partial charge in [-0.05, 0) is 30.7 Å². The molecule has 7 heteroatoms. The number of hydrazine groups is 1. The molecule has 0 aliphatic heterocycles. The lowest BCUT2D eigenvalue weighted by Crippen LogP contribution is -2.47. The van der Waals surface area contributed by atoms with Gasteiger partial charge < -0.3 is 4.74 Å². The average Bonchev–Trinajstić information content (AvgIpc) is 2.56. The van der Waals surface area contributed by atoms with Crippen molar-refractivity contribution >= 4 is 23.4 Å². The van der Waals surface area contributed by atoms with Gasteiger partial charge in [0.1, 0.15) is 0 Å². The molecule has 0 saturated carbocycles. The molecule has 0 aromatic heterocycles. The number of rotatable bonds is 5. The molecule has 0 aliphatic carbocycles. The molecule has 2 aromatic carbocycles. The van der Waals surface area contributed by atoms with Gasteiger partial charge in [-0.3, -0.25) is 20.4 Å². The van der Waals surface area contributed by atoms with Crippen LogP contribution in [0.2, 0.25) is 5.02 Å². The summed E-state index contributed by atoms with van der Waals surface area (Å²) in [5.41, 5.74) is 5.14. The number of nitrogens with one attached hydrogen (secondary N) is 2. The van der Waals surface area contributed by atoms with Crippen LogP contribution in [0.4, 0.5) is 4.39 Å². The van der Waals surface area contributed by atoms with Crippen molar-refractivity contribution < 1.29 is 18.7 Å². The summed E-state index contributed by atoms with van der Waals surface area (Å²) < 4.78 is 18.7. The summed E-state index contributed by atoms with van der Waals surface area (Å²) in [5, 5.41) is 0.468. The smallest absolute Gasteiger partial charge is 0.279 e. The highest BCUT2D eigenvalue weighted by Gasteiger charge is 2.17. The van der Waals surface area contributed by atoms with E-state index in [-0.39, 0.29) is 12.2 Å². The van der Waals surface area contributed by atoms with Crippen LogP contribution in [-0.4, -0.2) is 17.9 Å². The molecule has 24 heavy (non-hydrogen) atoms. The molecule has 5 nitrogen and oxygen atoms in total. The van der Waals surface area contributed by atoms with Crippen LogP contribution in [0, 0.1) is 5.82 Å². The zero-order valence-corrected chi connectivity index (χ0v) is 13.6. The van der Waals surface area contributed by atoms with Crippen molar-refractivity contribution in [2.45, 2.75) is 19.4 Å². The van der Waals surface area contributed by atoms with Gasteiger partial charge >= 0.3 is 0 Å². The first-order valence-corrected chi connectivity index (χ1v) is 7.58. The Hall–Kier alpha value is -2.60. The molecule has 1 atom stereocenters. The average molecular weight is 351 g/mol. The zero-order valence-electron chi connectivity index (χ0n) is 12.9. The maximum Gasteiger partial charge on any atom is 0.279 e. The van der Waals surface area contributed by atoms with Gasteiger partial charge in [0.2, 0.25) is 5.91 Å². The number of ether oxygens (including phenoxy) is 1. The molecular formula is C17H16ClFN2O3. The first-order valence-electron chi connectivity index (χ1n) is 7.20. The van der Waals surface area contributed by atoms with E-state index in [0.717, 1.165) is 0 Å². The van der Waals surface area contributed by atoms with Gasteiger partial charge in [-0.2, -0.15) is 0 Å². The molecule has 2 aromatic rings. The minimum atomic E-state index is -0.984. The molecule has 0 unspecified atom stereocenters. The normalized spacial score (nSPS) is 11.5. The molecule has 0 aliphatic rings. The van der Waals surface area contributed by atoms with Crippen molar-refractivity contribution in [1.29, 1.82) is 0 Å². The van der Waals surface area contributed by atoms with Crippen molar-refractivity contribution in [3.63, 3.8) is 0 Å². The standard InChI is InChI=1S/C17H16ClFN2O3/c1-11(24-15-9-5-4-8-14(15)19)17(23)21-20-16(22)10-12-6-2-3-7-13(12)18/h2-9,11H,10H2,1H3,(H,20,22)(H,21,23)/t11-/m1/s1. The Kier molecular flexibility index (Phi) is 6.14. The number of halogens is 2. The molecular weight excluding hydrogens is 335 g/mol. The van der Waals surface area contributed by atoms with E-state index in [0.29, 0.717) is 10.6 Å². The third kappa shape index (κ3) is 4.96. The predicted molar refractivity (Wildman–Crippen MR) is 87.9 cm³/mol. The van der Waals surface area contributed by atoms with E-state index in [2.05, 4.69) is 10.9 Å². The van der Waals surface area contributed by atoms with Gasteiger partial charge in [0.05, 0.1) is 6.42 Å². The monoisotopic (exact) mass is 350 g/mol. The lowest BCUT2D eigenvalue weighted by Gasteiger charge is -2.15. The summed E-state index contributed by atoms with van der Waals surface area (Å²) in [7, 11) is 0.